The second kappa shape index (κ2) is 9.71. The number of hydrogen-bond acceptors (Lipinski definition) is 7. The van der Waals surface area contributed by atoms with Gasteiger partial charge in [-0.05, 0) is 44.2 Å². The van der Waals surface area contributed by atoms with Crippen molar-refractivity contribution in [3.05, 3.63) is 41.4 Å². The number of esters is 1. The van der Waals surface area contributed by atoms with Crippen molar-refractivity contribution in [2.75, 3.05) is 25.5 Å². The first-order valence-electron chi connectivity index (χ1n) is 8.59. The highest BCUT2D eigenvalue weighted by atomic mass is 35.5. The number of nitrogens with one attached hydrogen (secondary N) is 1. The maximum absolute atomic E-state index is 12.8. The van der Waals surface area contributed by atoms with Crippen molar-refractivity contribution in [3.8, 4) is 17.2 Å². The molecule has 0 aromatic heterocycles. The van der Waals surface area contributed by atoms with Crippen LogP contribution in [0.1, 0.15) is 13.8 Å². The summed E-state index contributed by atoms with van der Waals surface area (Å²) in [7, 11) is -1.19. The second-order valence-electron chi connectivity index (χ2n) is 5.78. The molecule has 29 heavy (non-hydrogen) atoms. The van der Waals surface area contributed by atoms with Gasteiger partial charge in [0.15, 0.2) is 6.10 Å². The number of methoxy groups -OCH3 is 2. The molecule has 158 valence electrons. The van der Waals surface area contributed by atoms with Crippen LogP contribution in [0.2, 0.25) is 5.02 Å². The number of carbonyl (C=O) groups excluding carboxylic acids is 1. The van der Waals surface area contributed by atoms with Crippen LogP contribution in [-0.4, -0.2) is 41.3 Å². The van der Waals surface area contributed by atoms with Crippen molar-refractivity contribution in [2.24, 2.45) is 0 Å². The van der Waals surface area contributed by atoms with Gasteiger partial charge in [-0.25, -0.2) is 13.2 Å². The van der Waals surface area contributed by atoms with Crippen LogP contribution in [0.3, 0.4) is 0 Å². The molecule has 10 heteroatoms. The van der Waals surface area contributed by atoms with E-state index in [0.717, 1.165) is 0 Å². The summed E-state index contributed by atoms with van der Waals surface area (Å²) >= 11 is 6.18. The normalized spacial score (nSPS) is 12.0. The third kappa shape index (κ3) is 5.68. The van der Waals surface area contributed by atoms with E-state index in [1.807, 2.05) is 0 Å². The topological polar surface area (TPSA) is 100 Å². The zero-order valence-electron chi connectivity index (χ0n) is 16.4. The van der Waals surface area contributed by atoms with Gasteiger partial charge in [0.1, 0.15) is 22.1 Å². The fourth-order valence-electron chi connectivity index (χ4n) is 2.36. The molecule has 0 spiro atoms. The van der Waals surface area contributed by atoms with E-state index in [4.69, 9.17) is 30.5 Å². The number of benzene rings is 2. The summed E-state index contributed by atoms with van der Waals surface area (Å²) in [5, 5.41) is 0.124. The molecule has 0 unspecified atom stereocenters. The van der Waals surface area contributed by atoms with Crippen LogP contribution in [0, 0.1) is 0 Å². The van der Waals surface area contributed by atoms with E-state index >= 15 is 0 Å². The van der Waals surface area contributed by atoms with Crippen LogP contribution < -0.4 is 18.9 Å². The first kappa shape index (κ1) is 22.6. The van der Waals surface area contributed by atoms with Gasteiger partial charge >= 0.3 is 5.97 Å². The molecule has 2 rings (SSSR count). The van der Waals surface area contributed by atoms with E-state index in [0.29, 0.717) is 5.75 Å². The van der Waals surface area contributed by atoms with Crippen LogP contribution in [0.25, 0.3) is 0 Å². The molecule has 0 radical (unpaired) electrons. The Kier molecular flexibility index (Phi) is 7.58. The SMILES string of the molecule is CCOC(=O)[C@@H](C)Oc1ccc(NS(=O)(=O)c2cc(OC)ccc2OC)cc1Cl. The van der Waals surface area contributed by atoms with E-state index in [1.54, 1.807) is 13.0 Å². The van der Waals surface area contributed by atoms with E-state index in [2.05, 4.69) is 4.72 Å². The Morgan fingerprint density at radius 1 is 1.10 bits per heavy atom. The van der Waals surface area contributed by atoms with Gasteiger partial charge in [-0.2, -0.15) is 0 Å². The maximum atomic E-state index is 12.8. The van der Waals surface area contributed by atoms with Gasteiger partial charge in [0.05, 0.1) is 31.5 Å². The van der Waals surface area contributed by atoms with Crippen LogP contribution in [0.5, 0.6) is 17.2 Å². The van der Waals surface area contributed by atoms with Crippen LogP contribution in [0.15, 0.2) is 41.3 Å². The quantitative estimate of drug-likeness (QED) is 0.592. The Morgan fingerprint density at radius 3 is 2.38 bits per heavy atom. The molecular formula is C19H22ClNO7S. The van der Waals surface area contributed by atoms with Crippen LogP contribution in [-0.2, 0) is 19.6 Å². The number of rotatable bonds is 9. The molecule has 0 saturated carbocycles. The first-order valence-corrected chi connectivity index (χ1v) is 10.5. The molecular weight excluding hydrogens is 422 g/mol. The van der Waals surface area contributed by atoms with Gasteiger partial charge in [-0.3, -0.25) is 4.72 Å². The summed E-state index contributed by atoms with van der Waals surface area (Å²) in [5.41, 5.74) is 0.205. The minimum Gasteiger partial charge on any atom is -0.497 e. The summed E-state index contributed by atoms with van der Waals surface area (Å²) in [6.45, 7) is 3.45. The number of halogens is 1. The molecule has 0 aliphatic rings. The van der Waals surface area contributed by atoms with Gasteiger partial charge in [0.25, 0.3) is 10.0 Å². The van der Waals surface area contributed by atoms with Gasteiger partial charge in [-0.1, -0.05) is 11.6 Å². The highest BCUT2D eigenvalue weighted by Crippen LogP contribution is 2.32. The Hall–Kier alpha value is -2.65. The third-order valence-electron chi connectivity index (χ3n) is 3.77. The fraction of sp³-hybridized carbons (Fsp3) is 0.316. The summed E-state index contributed by atoms with van der Waals surface area (Å²) in [6.07, 6.45) is -0.865. The van der Waals surface area contributed by atoms with Gasteiger partial charge in [0, 0.05) is 6.07 Å². The predicted octanol–water partition coefficient (Wildman–Crippen LogP) is 3.49. The highest BCUT2D eigenvalue weighted by molar-refractivity contribution is 7.92. The standard InChI is InChI=1S/C19H22ClNO7S/c1-5-27-19(22)12(2)28-16-8-6-13(10-15(16)20)21-29(23,24)18-11-14(25-3)7-9-17(18)26-4/h6-12,21H,5H2,1-4H3/t12-/m1/s1. The molecule has 0 saturated heterocycles. The monoisotopic (exact) mass is 443 g/mol. The van der Waals surface area contributed by atoms with E-state index < -0.39 is 22.1 Å². The molecule has 0 aliphatic carbocycles. The fourth-order valence-corrected chi connectivity index (χ4v) is 3.82. The van der Waals surface area contributed by atoms with Crippen molar-refractivity contribution in [3.63, 3.8) is 0 Å². The molecule has 0 aliphatic heterocycles. The van der Waals surface area contributed by atoms with E-state index in [-0.39, 0.29) is 33.7 Å². The second-order valence-corrected chi connectivity index (χ2v) is 7.84. The zero-order chi connectivity index (χ0) is 21.6. The molecule has 0 bridgehead atoms. The van der Waals surface area contributed by atoms with E-state index in [9.17, 15) is 13.2 Å². The summed E-state index contributed by atoms with van der Waals surface area (Å²) in [4.78, 5) is 11.6. The largest absolute Gasteiger partial charge is 0.497 e. The van der Waals surface area contributed by atoms with Crippen molar-refractivity contribution >= 4 is 33.3 Å². The molecule has 0 amide bonds. The van der Waals surface area contributed by atoms with Gasteiger partial charge in [-0.15, -0.1) is 0 Å². The Balaban J connectivity index is 2.24. The number of anilines is 1. The third-order valence-corrected chi connectivity index (χ3v) is 5.46. The molecule has 0 heterocycles. The van der Waals surface area contributed by atoms with Crippen LogP contribution in [0.4, 0.5) is 5.69 Å². The maximum Gasteiger partial charge on any atom is 0.347 e. The Labute approximate surface area is 174 Å². The summed E-state index contributed by atoms with van der Waals surface area (Å²) in [6, 6.07) is 8.72. The molecule has 0 fully saturated rings. The Morgan fingerprint density at radius 2 is 1.79 bits per heavy atom. The first-order chi connectivity index (χ1) is 13.7. The number of ether oxygens (including phenoxy) is 4. The van der Waals surface area contributed by atoms with Crippen LogP contribution >= 0.6 is 11.6 Å². The van der Waals surface area contributed by atoms with Crippen molar-refractivity contribution < 1.29 is 32.2 Å². The number of carbonyl (C=O) groups is 1. The molecule has 8 nitrogen and oxygen atoms in total. The highest BCUT2D eigenvalue weighted by Gasteiger charge is 2.22. The molecule has 2 aromatic carbocycles. The average Bonchev–Trinajstić information content (AvgIpc) is 2.69. The van der Waals surface area contributed by atoms with Gasteiger partial charge < -0.3 is 18.9 Å². The Bertz CT molecular complexity index is 979. The smallest absolute Gasteiger partial charge is 0.347 e. The van der Waals surface area contributed by atoms with Crippen molar-refractivity contribution in [1.82, 2.24) is 0 Å². The lowest BCUT2D eigenvalue weighted by Gasteiger charge is -2.16. The number of sulfonamides is 1. The molecule has 1 atom stereocenters. The van der Waals surface area contributed by atoms with Gasteiger partial charge in [0.2, 0.25) is 0 Å². The minimum atomic E-state index is -3.99. The molecule has 1 N–H and O–H groups in total. The lowest BCUT2D eigenvalue weighted by Crippen LogP contribution is -2.26. The lowest BCUT2D eigenvalue weighted by molar-refractivity contribution is -0.150. The van der Waals surface area contributed by atoms with E-state index in [1.165, 1.54) is 51.5 Å². The average molecular weight is 444 g/mol. The lowest BCUT2D eigenvalue weighted by atomic mass is 10.3. The zero-order valence-corrected chi connectivity index (χ0v) is 18.0. The summed E-state index contributed by atoms with van der Waals surface area (Å²) < 4.78 is 48.6. The summed E-state index contributed by atoms with van der Waals surface area (Å²) in [5.74, 6) is 0.209. The molecule has 2 aromatic rings. The predicted molar refractivity (Wildman–Crippen MR) is 109 cm³/mol. The van der Waals surface area contributed by atoms with Crippen molar-refractivity contribution in [1.29, 1.82) is 0 Å². The van der Waals surface area contributed by atoms with Crippen molar-refractivity contribution in [2.45, 2.75) is 24.8 Å². The minimum absolute atomic E-state index is 0.0910. The number of hydrogen-bond donors (Lipinski definition) is 1.